The highest BCUT2D eigenvalue weighted by molar-refractivity contribution is 7.07. The van der Waals surface area contributed by atoms with Crippen molar-refractivity contribution in [3.63, 3.8) is 0 Å². The van der Waals surface area contributed by atoms with Gasteiger partial charge in [0.25, 0.3) is 5.56 Å². The third kappa shape index (κ3) is 6.00. The number of nitrogen functional groups attached to an aromatic ring is 1. The molecule has 0 fully saturated rings. The van der Waals surface area contributed by atoms with Crippen molar-refractivity contribution in [2.45, 2.75) is 52.7 Å². The molecule has 198 valence electrons. The molecule has 0 saturated carbocycles. The van der Waals surface area contributed by atoms with Crippen LogP contribution in [0.15, 0.2) is 44.7 Å². The van der Waals surface area contributed by atoms with E-state index in [2.05, 4.69) is 9.88 Å². The summed E-state index contributed by atoms with van der Waals surface area (Å²) in [5, 5.41) is 11.4. The van der Waals surface area contributed by atoms with E-state index in [1.807, 2.05) is 48.1 Å². The number of rotatable bonds is 13. The normalized spacial score (nSPS) is 11.7. The van der Waals surface area contributed by atoms with E-state index in [-0.39, 0.29) is 17.9 Å². The molecule has 3 N–H and O–H groups in total. The fourth-order valence-corrected chi connectivity index (χ4v) is 5.12. The van der Waals surface area contributed by atoms with Crippen LogP contribution in [0.5, 0.6) is 0 Å². The highest BCUT2D eigenvalue weighted by Crippen LogP contribution is 2.17. The van der Waals surface area contributed by atoms with Crippen molar-refractivity contribution in [1.29, 1.82) is 0 Å². The Labute approximate surface area is 219 Å². The minimum Gasteiger partial charge on any atom is -0.399 e. The van der Waals surface area contributed by atoms with Crippen molar-refractivity contribution in [1.82, 2.24) is 28.6 Å². The predicted molar refractivity (Wildman–Crippen MR) is 147 cm³/mol. The van der Waals surface area contributed by atoms with Crippen LogP contribution in [-0.4, -0.2) is 59.9 Å². The second kappa shape index (κ2) is 12.3. The number of aromatic nitrogens is 5. The molecule has 0 unspecified atom stereocenters. The number of benzene rings is 1. The Bertz CT molecular complexity index is 1420. The van der Waals surface area contributed by atoms with Gasteiger partial charge in [0, 0.05) is 50.2 Å². The second-order valence-corrected chi connectivity index (χ2v) is 9.77. The molecule has 0 aliphatic rings. The molecule has 0 spiro atoms. The molecule has 0 aliphatic heterocycles. The molecule has 0 aliphatic carbocycles. The second-order valence-electron chi connectivity index (χ2n) is 9.05. The van der Waals surface area contributed by atoms with Crippen molar-refractivity contribution in [3.05, 3.63) is 73.1 Å². The highest BCUT2D eigenvalue weighted by atomic mass is 32.1. The van der Waals surface area contributed by atoms with Gasteiger partial charge in [-0.05, 0) is 37.1 Å². The number of thiazole rings is 1. The van der Waals surface area contributed by atoms with Gasteiger partial charge >= 0.3 is 5.69 Å². The lowest BCUT2D eigenvalue weighted by molar-refractivity contribution is 0.197. The summed E-state index contributed by atoms with van der Waals surface area (Å²) < 4.78 is 4.92. The SMILES string of the molecule is CCCn1c(=O)c2c(nc(Cc3cscn3)n2CCN(CC)CCO)n(CCc2ccc(N)cc2)c1=O. The number of nitrogens with two attached hydrogens (primary N) is 1. The number of anilines is 1. The Morgan fingerprint density at radius 1 is 1.03 bits per heavy atom. The largest absolute Gasteiger partial charge is 0.399 e. The fourth-order valence-electron chi connectivity index (χ4n) is 4.56. The van der Waals surface area contributed by atoms with Gasteiger partial charge in [0.2, 0.25) is 0 Å². The molecule has 0 atom stereocenters. The Hall–Kier alpha value is -3.28. The van der Waals surface area contributed by atoms with Crippen LogP contribution >= 0.6 is 11.3 Å². The molecule has 0 amide bonds. The van der Waals surface area contributed by atoms with Gasteiger partial charge in [-0.15, -0.1) is 11.3 Å². The number of hydrogen-bond acceptors (Lipinski definition) is 8. The molecule has 3 heterocycles. The van der Waals surface area contributed by atoms with E-state index in [4.69, 9.17) is 10.7 Å². The maximum absolute atomic E-state index is 13.7. The molecule has 4 rings (SSSR count). The van der Waals surface area contributed by atoms with Crippen LogP contribution in [0.2, 0.25) is 0 Å². The Kier molecular flexibility index (Phi) is 8.91. The average molecular weight is 526 g/mol. The standard InChI is InChI=1S/C26H35N7O3S/c1-3-10-33-25(35)23-24(32(26(33)36)11-9-19-5-7-20(27)8-6-19)29-22(16-21-17-37-18-28-21)31(23)13-12-30(4-2)14-15-34/h5-8,17-18,34H,3-4,9-16,27H2,1-2H3. The lowest BCUT2D eigenvalue weighted by Crippen LogP contribution is -2.41. The first-order chi connectivity index (χ1) is 18.0. The van der Waals surface area contributed by atoms with Crippen LogP contribution in [0.3, 0.4) is 0 Å². The zero-order chi connectivity index (χ0) is 26.4. The zero-order valence-electron chi connectivity index (χ0n) is 21.5. The number of fused-ring (bicyclic) bond motifs is 1. The quantitative estimate of drug-likeness (QED) is 0.256. The van der Waals surface area contributed by atoms with Crippen molar-refractivity contribution in [2.24, 2.45) is 0 Å². The van der Waals surface area contributed by atoms with Gasteiger partial charge in [0.15, 0.2) is 11.2 Å². The number of nitrogens with zero attached hydrogens (tertiary/aromatic N) is 6. The van der Waals surface area contributed by atoms with Crippen LogP contribution in [0.4, 0.5) is 5.69 Å². The summed E-state index contributed by atoms with van der Waals surface area (Å²) in [7, 11) is 0. The number of aliphatic hydroxyl groups is 1. The van der Waals surface area contributed by atoms with Gasteiger partial charge in [-0.1, -0.05) is 26.0 Å². The van der Waals surface area contributed by atoms with Gasteiger partial charge in [0.05, 0.1) is 17.8 Å². The zero-order valence-corrected chi connectivity index (χ0v) is 22.3. The lowest BCUT2D eigenvalue weighted by atomic mass is 10.1. The molecule has 0 radical (unpaired) electrons. The number of likely N-dealkylation sites (N-methyl/N-ethyl adjacent to an activating group) is 1. The van der Waals surface area contributed by atoms with Crippen LogP contribution in [-0.2, 0) is 32.5 Å². The molecule has 10 nitrogen and oxygen atoms in total. The van der Waals surface area contributed by atoms with Crippen molar-refractivity contribution in [3.8, 4) is 0 Å². The smallest absolute Gasteiger partial charge is 0.332 e. The predicted octanol–water partition coefficient (Wildman–Crippen LogP) is 1.96. The molecule has 0 saturated heterocycles. The highest BCUT2D eigenvalue weighted by Gasteiger charge is 2.22. The Morgan fingerprint density at radius 3 is 2.46 bits per heavy atom. The molecule has 37 heavy (non-hydrogen) atoms. The van der Waals surface area contributed by atoms with Crippen LogP contribution in [0.1, 0.15) is 37.4 Å². The van der Waals surface area contributed by atoms with E-state index in [9.17, 15) is 14.7 Å². The maximum atomic E-state index is 13.7. The lowest BCUT2D eigenvalue weighted by Gasteiger charge is -2.20. The van der Waals surface area contributed by atoms with E-state index in [1.54, 1.807) is 10.1 Å². The molecular weight excluding hydrogens is 490 g/mol. The summed E-state index contributed by atoms with van der Waals surface area (Å²) in [5.74, 6) is 0.702. The summed E-state index contributed by atoms with van der Waals surface area (Å²) >= 11 is 1.51. The average Bonchev–Trinajstić information content (AvgIpc) is 3.53. The van der Waals surface area contributed by atoms with Crippen molar-refractivity contribution < 1.29 is 5.11 Å². The summed E-state index contributed by atoms with van der Waals surface area (Å²) in [4.78, 5) is 38.6. The first kappa shape index (κ1) is 26.8. The van der Waals surface area contributed by atoms with Crippen molar-refractivity contribution in [2.75, 3.05) is 32.0 Å². The molecule has 3 aromatic heterocycles. The Morgan fingerprint density at radius 2 is 1.81 bits per heavy atom. The third-order valence-electron chi connectivity index (χ3n) is 6.57. The number of hydrogen-bond donors (Lipinski definition) is 2. The van der Waals surface area contributed by atoms with E-state index >= 15 is 0 Å². The van der Waals surface area contributed by atoms with Gasteiger partial charge in [0.1, 0.15) is 5.82 Å². The first-order valence-corrected chi connectivity index (χ1v) is 13.7. The molecule has 4 aromatic rings. The van der Waals surface area contributed by atoms with E-state index < -0.39 is 0 Å². The monoisotopic (exact) mass is 525 g/mol. The van der Waals surface area contributed by atoms with Crippen molar-refractivity contribution >= 4 is 28.2 Å². The summed E-state index contributed by atoms with van der Waals surface area (Å²) in [6.07, 6.45) is 1.73. The van der Waals surface area contributed by atoms with E-state index in [0.29, 0.717) is 74.7 Å². The third-order valence-corrected chi connectivity index (χ3v) is 7.21. The Balaban J connectivity index is 1.84. The number of aryl methyl sites for hydroxylation is 2. The van der Waals surface area contributed by atoms with Gasteiger partial charge in [-0.2, -0.15) is 0 Å². The summed E-state index contributed by atoms with van der Waals surface area (Å²) in [6.45, 7) is 7.28. The molecule has 1 aromatic carbocycles. The molecule has 11 heteroatoms. The van der Waals surface area contributed by atoms with Crippen LogP contribution in [0.25, 0.3) is 11.2 Å². The summed E-state index contributed by atoms with van der Waals surface area (Å²) in [5.41, 5.74) is 10.4. The van der Waals surface area contributed by atoms with Gasteiger partial charge in [-0.3, -0.25) is 18.8 Å². The summed E-state index contributed by atoms with van der Waals surface area (Å²) in [6, 6.07) is 7.59. The maximum Gasteiger partial charge on any atom is 0.332 e. The van der Waals surface area contributed by atoms with Gasteiger partial charge < -0.3 is 15.4 Å². The van der Waals surface area contributed by atoms with E-state index in [1.165, 1.54) is 15.9 Å². The topological polar surface area (TPSA) is 124 Å². The molecule has 0 bridgehead atoms. The fraction of sp³-hybridized carbons (Fsp3) is 0.462. The first-order valence-electron chi connectivity index (χ1n) is 12.7. The number of aliphatic hydroxyl groups excluding tert-OH is 1. The minimum absolute atomic E-state index is 0.0676. The van der Waals surface area contributed by atoms with Crippen LogP contribution < -0.4 is 17.0 Å². The van der Waals surface area contributed by atoms with Crippen LogP contribution in [0, 0.1) is 0 Å². The van der Waals surface area contributed by atoms with Gasteiger partial charge in [-0.25, -0.2) is 14.8 Å². The minimum atomic E-state index is -0.338. The number of imidazole rings is 1. The van der Waals surface area contributed by atoms with E-state index in [0.717, 1.165) is 17.8 Å². The molecular formula is C26H35N7O3S.